The van der Waals surface area contributed by atoms with Crippen LogP contribution in [0.25, 0.3) is 0 Å². The Morgan fingerprint density at radius 2 is 2.09 bits per heavy atom. The van der Waals surface area contributed by atoms with Crippen molar-refractivity contribution in [2.24, 2.45) is 0 Å². The van der Waals surface area contributed by atoms with Crippen LogP contribution in [0.4, 0.5) is 0 Å². The number of imidazole rings is 1. The van der Waals surface area contributed by atoms with Gasteiger partial charge in [0.05, 0.1) is 19.0 Å². The Hall–Kier alpha value is -2.12. The molecule has 0 N–H and O–H groups in total. The van der Waals surface area contributed by atoms with Crippen LogP contribution in [-0.2, 0) is 16.9 Å². The summed E-state index contributed by atoms with van der Waals surface area (Å²) in [6.45, 7) is 2.50. The standard InChI is InChI=1S/C19H23N3O/c1-16-7-5-6-10-18(16)19(13-20,14-22-12-11-21-15-22)23-17-8-3-2-4-9-17/h5-7,10-12,15,17H,2-4,8-9,14H2,1H3. The Kier molecular flexibility index (Phi) is 4.78. The van der Waals surface area contributed by atoms with Crippen molar-refractivity contribution < 1.29 is 4.74 Å². The Labute approximate surface area is 137 Å². The summed E-state index contributed by atoms with van der Waals surface area (Å²) in [5.41, 5.74) is 1.08. The first kappa shape index (κ1) is 15.8. The second-order valence-electron chi connectivity index (χ2n) is 6.37. The van der Waals surface area contributed by atoms with E-state index in [1.165, 1.54) is 19.3 Å². The van der Waals surface area contributed by atoms with Gasteiger partial charge in [-0.15, -0.1) is 0 Å². The molecule has 4 nitrogen and oxygen atoms in total. The highest BCUT2D eigenvalue weighted by Gasteiger charge is 2.38. The van der Waals surface area contributed by atoms with Gasteiger partial charge in [-0.1, -0.05) is 43.5 Å². The summed E-state index contributed by atoms with van der Waals surface area (Å²) >= 11 is 0. The molecule has 4 heteroatoms. The zero-order valence-electron chi connectivity index (χ0n) is 13.6. The van der Waals surface area contributed by atoms with Crippen molar-refractivity contribution in [1.82, 2.24) is 9.55 Å². The van der Waals surface area contributed by atoms with E-state index in [1.54, 1.807) is 12.5 Å². The normalized spacial score (nSPS) is 18.3. The number of benzene rings is 1. The minimum absolute atomic E-state index is 0.159. The van der Waals surface area contributed by atoms with E-state index in [0.29, 0.717) is 6.54 Å². The van der Waals surface area contributed by atoms with E-state index in [4.69, 9.17) is 4.74 Å². The van der Waals surface area contributed by atoms with E-state index in [-0.39, 0.29) is 6.10 Å². The number of hydrogen-bond acceptors (Lipinski definition) is 3. The molecule has 0 radical (unpaired) electrons. The number of hydrogen-bond donors (Lipinski definition) is 0. The number of nitriles is 1. The molecule has 1 saturated carbocycles. The zero-order valence-corrected chi connectivity index (χ0v) is 13.6. The van der Waals surface area contributed by atoms with Gasteiger partial charge in [-0.3, -0.25) is 0 Å². The molecule has 23 heavy (non-hydrogen) atoms. The van der Waals surface area contributed by atoms with Gasteiger partial charge in [-0.2, -0.15) is 5.26 Å². The summed E-state index contributed by atoms with van der Waals surface area (Å²) in [4.78, 5) is 4.10. The summed E-state index contributed by atoms with van der Waals surface area (Å²) in [6, 6.07) is 10.5. The van der Waals surface area contributed by atoms with Gasteiger partial charge >= 0.3 is 0 Å². The van der Waals surface area contributed by atoms with Crippen LogP contribution >= 0.6 is 0 Å². The fourth-order valence-electron chi connectivity index (χ4n) is 3.44. The molecule has 0 bridgehead atoms. The zero-order chi connectivity index (χ0) is 16.1. The number of aryl methyl sites for hydroxylation is 1. The molecule has 1 aliphatic carbocycles. The van der Waals surface area contributed by atoms with E-state index in [0.717, 1.165) is 24.0 Å². The molecule has 120 valence electrons. The van der Waals surface area contributed by atoms with E-state index in [1.807, 2.05) is 42.0 Å². The molecule has 1 aromatic carbocycles. The van der Waals surface area contributed by atoms with Crippen molar-refractivity contribution in [3.63, 3.8) is 0 Å². The van der Waals surface area contributed by atoms with Crippen molar-refractivity contribution in [3.05, 3.63) is 54.1 Å². The summed E-state index contributed by atoms with van der Waals surface area (Å²) in [5, 5.41) is 10.1. The summed E-state index contributed by atoms with van der Waals surface area (Å²) in [5.74, 6) is 0. The van der Waals surface area contributed by atoms with E-state index in [9.17, 15) is 5.26 Å². The van der Waals surface area contributed by atoms with Crippen LogP contribution in [0, 0.1) is 18.3 Å². The highest BCUT2D eigenvalue weighted by Crippen LogP contribution is 2.34. The van der Waals surface area contributed by atoms with Crippen LogP contribution in [0.3, 0.4) is 0 Å². The summed E-state index contributed by atoms with van der Waals surface area (Å²) in [7, 11) is 0. The molecular weight excluding hydrogens is 286 g/mol. The SMILES string of the molecule is Cc1ccccc1C(C#N)(Cn1ccnc1)OC1CCCCC1. The lowest BCUT2D eigenvalue weighted by Gasteiger charge is -2.35. The van der Waals surface area contributed by atoms with Gasteiger partial charge in [0, 0.05) is 18.0 Å². The molecule has 1 fully saturated rings. The Morgan fingerprint density at radius 3 is 2.74 bits per heavy atom. The van der Waals surface area contributed by atoms with Crippen LogP contribution in [-0.4, -0.2) is 15.7 Å². The van der Waals surface area contributed by atoms with Crippen molar-refractivity contribution >= 4 is 0 Å². The van der Waals surface area contributed by atoms with E-state index in [2.05, 4.69) is 11.1 Å². The van der Waals surface area contributed by atoms with Gasteiger partial charge < -0.3 is 9.30 Å². The second-order valence-corrected chi connectivity index (χ2v) is 6.37. The third-order valence-electron chi connectivity index (χ3n) is 4.65. The third-order valence-corrected chi connectivity index (χ3v) is 4.65. The van der Waals surface area contributed by atoms with Crippen LogP contribution in [0.15, 0.2) is 43.0 Å². The maximum absolute atomic E-state index is 10.1. The van der Waals surface area contributed by atoms with Crippen molar-refractivity contribution in [3.8, 4) is 6.07 Å². The van der Waals surface area contributed by atoms with Crippen LogP contribution < -0.4 is 0 Å². The molecule has 0 aliphatic heterocycles. The lowest BCUT2D eigenvalue weighted by atomic mass is 9.89. The summed E-state index contributed by atoms with van der Waals surface area (Å²) < 4.78 is 8.39. The van der Waals surface area contributed by atoms with Gasteiger partial charge in [0.15, 0.2) is 5.60 Å². The van der Waals surface area contributed by atoms with Gasteiger partial charge in [0.25, 0.3) is 0 Å². The predicted molar refractivity (Wildman–Crippen MR) is 88.7 cm³/mol. The Morgan fingerprint density at radius 1 is 1.30 bits per heavy atom. The number of aromatic nitrogens is 2. The first-order valence-corrected chi connectivity index (χ1v) is 8.34. The molecular formula is C19H23N3O. The van der Waals surface area contributed by atoms with Gasteiger partial charge in [-0.25, -0.2) is 4.98 Å². The molecule has 2 aromatic rings. The average Bonchev–Trinajstić information content (AvgIpc) is 3.08. The lowest BCUT2D eigenvalue weighted by molar-refractivity contribution is -0.0856. The van der Waals surface area contributed by atoms with Gasteiger partial charge in [-0.05, 0) is 25.3 Å². The highest BCUT2D eigenvalue weighted by atomic mass is 16.5. The molecule has 1 unspecified atom stereocenters. The van der Waals surface area contributed by atoms with Gasteiger partial charge in [0.2, 0.25) is 0 Å². The van der Waals surface area contributed by atoms with E-state index < -0.39 is 5.60 Å². The van der Waals surface area contributed by atoms with Gasteiger partial charge in [0.1, 0.15) is 6.07 Å². The molecule has 1 atom stereocenters. The molecule has 0 saturated heterocycles. The average molecular weight is 309 g/mol. The fourth-order valence-corrected chi connectivity index (χ4v) is 3.44. The van der Waals surface area contributed by atoms with Crippen LogP contribution in [0.2, 0.25) is 0 Å². The number of rotatable bonds is 5. The minimum atomic E-state index is -0.964. The lowest BCUT2D eigenvalue weighted by Crippen LogP contribution is -2.38. The second kappa shape index (κ2) is 6.97. The molecule has 0 spiro atoms. The number of ether oxygens (including phenoxy) is 1. The minimum Gasteiger partial charge on any atom is -0.351 e. The Balaban J connectivity index is 1.96. The van der Waals surface area contributed by atoms with E-state index >= 15 is 0 Å². The number of nitrogens with zero attached hydrogens (tertiary/aromatic N) is 3. The third kappa shape index (κ3) is 3.46. The predicted octanol–water partition coefficient (Wildman–Crippen LogP) is 3.96. The first-order chi connectivity index (χ1) is 11.2. The quantitative estimate of drug-likeness (QED) is 0.840. The van der Waals surface area contributed by atoms with Crippen molar-refractivity contribution in [2.45, 2.75) is 57.3 Å². The molecule has 1 aromatic heterocycles. The summed E-state index contributed by atoms with van der Waals surface area (Å²) in [6.07, 6.45) is 11.2. The Bertz CT molecular complexity index is 668. The first-order valence-electron chi connectivity index (χ1n) is 8.34. The maximum atomic E-state index is 10.1. The van der Waals surface area contributed by atoms with Crippen LogP contribution in [0.5, 0.6) is 0 Å². The van der Waals surface area contributed by atoms with Crippen molar-refractivity contribution in [2.75, 3.05) is 0 Å². The van der Waals surface area contributed by atoms with Crippen LogP contribution in [0.1, 0.15) is 43.2 Å². The molecule has 1 aliphatic rings. The molecule has 3 rings (SSSR count). The largest absolute Gasteiger partial charge is 0.351 e. The fraction of sp³-hybridized carbons (Fsp3) is 0.474. The van der Waals surface area contributed by atoms with Crippen molar-refractivity contribution in [1.29, 1.82) is 5.26 Å². The molecule has 1 heterocycles. The monoisotopic (exact) mass is 309 g/mol. The molecule has 0 amide bonds. The maximum Gasteiger partial charge on any atom is 0.197 e. The highest BCUT2D eigenvalue weighted by molar-refractivity contribution is 5.36. The topological polar surface area (TPSA) is 50.8 Å². The smallest absolute Gasteiger partial charge is 0.197 e.